The highest BCUT2D eigenvalue weighted by Gasteiger charge is 2.33. The van der Waals surface area contributed by atoms with E-state index in [-0.39, 0.29) is 5.41 Å². The number of Topliss-reactive ketones (excluding diaryl/α,β-unsaturated/α-hetero) is 1. The Balaban J connectivity index is 1.83. The Morgan fingerprint density at radius 1 is 1.33 bits per heavy atom. The lowest BCUT2D eigenvalue weighted by Crippen LogP contribution is -2.20. The van der Waals surface area contributed by atoms with Crippen LogP contribution in [0.1, 0.15) is 33.1 Å². The molecule has 1 fully saturated rings. The third-order valence-electron chi connectivity index (χ3n) is 3.13. The van der Waals surface area contributed by atoms with E-state index in [2.05, 4.69) is 13.8 Å². The van der Waals surface area contributed by atoms with E-state index in [0.717, 1.165) is 23.6 Å². The summed E-state index contributed by atoms with van der Waals surface area (Å²) in [5.41, 5.74) is 0.0734. The molecule has 0 heterocycles. The number of thioether (sulfide) groups is 1. The average molecular weight is 283 g/mol. The van der Waals surface area contributed by atoms with E-state index in [0.29, 0.717) is 18.1 Å². The van der Waals surface area contributed by atoms with Crippen molar-refractivity contribution < 1.29 is 4.79 Å². The van der Waals surface area contributed by atoms with Crippen LogP contribution in [0.15, 0.2) is 29.2 Å². The Morgan fingerprint density at radius 3 is 2.50 bits per heavy atom. The van der Waals surface area contributed by atoms with Gasteiger partial charge in [-0.05, 0) is 42.5 Å². The van der Waals surface area contributed by atoms with Gasteiger partial charge in [-0.3, -0.25) is 4.79 Å². The summed E-state index contributed by atoms with van der Waals surface area (Å²) in [5, 5.41) is 0.766. The van der Waals surface area contributed by atoms with Crippen LogP contribution in [0.2, 0.25) is 5.02 Å². The van der Waals surface area contributed by atoms with Crippen LogP contribution in [-0.4, -0.2) is 11.5 Å². The second-order valence-electron chi connectivity index (χ2n) is 5.82. The molecule has 1 saturated carbocycles. The quantitative estimate of drug-likeness (QED) is 0.695. The lowest BCUT2D eigenvalue weighted by atomic mass is 9.88. The Morgan fingerprint density at radius 2 is 1.94 bits per heavy atom. The summed E-state index contributed by atoms with van der Waals surface area (Å²) in [4.78, 5) is 13.1. The van der Waals surface area contributed by atoms with Crippen molar-refractivity contribution in [3.8, 4) is 0 Å². The molecular weight excluding hydrogens is 264 g/mol. The molecule has 0 spiro atoms. The van der Waals surface area contributed by atoms with Crippen LogP contribution in [0.5, 0.6) is 0 Å². The van der Waals surface area contributed by atoms with Gasteiger partial charge in [0.1, 0.15) is 5.78 Å². The van der Waals surface area contributed by atoms with Crippen molar-refractivity contribution >= 4 is 29.1 Å². The zero-order valence-corrected chi connectivity index (χ0v) is 12.5. The predicted octanol–water partition coefficient (Wildman–Crippen LogP) is 4.83. The molecule has 2 rings (SSSR count). The first-order chi connectivity index (χ1) is 8.46. The van der Waals surface area contributed by atoms with E-state index in [9.17, 15) is 4.79 Å². The maximum atomic E-state index is 11.9. The van der Waals surface area contributed by atoms with Crippen molar-refractivity contribution in [2.75, 3.05) is 5.75 Å². The number of ketones is 1. The normalized spacial score (nSPS) is 15.7. The van der Waals surface area contributed by atoms with Gasteiger partial charge in [-0.25, -0.2) is 0 Å². The first-order valence-electron chi connectivity index (χ1n) is 6.37. The van der Waals surface area contributed by atoms with E-state index < -0.39 is 0 Å². The lowest BCUT2D eigenvalue weighted by Gasteiger charge is -2.23. The van der Waals surface area contributed by atoms with Crippen LogP contribution in [0.3, 0.4) is 0 Å². The van der Waals surface area contributed by atoms with Gasteiger partial charge >= 0.3 is 0 Å². The Labute approximate surface area is 118 Å². The molecule has 98 valence electrons. The van der Waals surface area contributed by atoms with Gasteiger partial charge in [-0.1, -0.05) is 25.4 Å². The van der Waals surface area contributed by atoms with Crippen LogP contribution < -0.4 is 0 Å². The minimum absolute atomic E-state index is 0.0734. The fourth-order valence-corrected chi connectivity index (χ4v) is 3.00. The number of carbonyl (C=O) groups excluding carboxylic acids is 1. The number of rotatable bonds is 6. The molecule has 1 aliphatic carbocycles. The molecule has 3 heteroatoms. The van der Waals surface area contributed by atoms with Crippen molar-refractivity contribution in [1.29, 1.82) is 0 Å². The Hall–Kier alpha value is -0.470. The van der Waals surface area contributed by atoms with Crippen molar-refractivity contribution in [2.45, 2.75) is 38.0 Å². The average Bonchev–Trinajstić information content (AvgIpc) is 3.11. The number of carbonyl (C=O) groups is 1. The van der Waals surface area contributed by atoms with Crippen molar-refractivity contribution in [1.82, 2.24) is 0 Å². The van der Waals surface area contributed by atoms with Crippen molar-refractivity contribution in [2.24, 2.45) is 11.3 Å². The molecule has 1 nitrogen and oxygen atoms in total. The van der Waals surface area contributed by atoms with Gasteiger partial charge in [0, 0.05) is 28.0 Å². The van der Waals surface area contributed by atoms with Gasteiger partial charge in [0.25, 0.3) is 0 Å². The van der Waals surface area contributed by atoms with E-state index in [1.165, 1.54) is 4.90 Å². The van der Waals surface area contributed by atoms with Gasteiger partial charge in [-0.15, -0.1) is 11.8 Å². The molecule has 0 atom stereocenters. The summed E-state index contributed by atoms with van der Waals surface area (Å²) in [7, 11) is 0. The zero-order valence-electron chi connectivity index (χ0n) is 10.9. The highest BCUT2D eigenvalue weighted by atomic mass is 35.5. The molecular formula is C15H19ClOS. The predicted molar refractivity (Wildman–Crippen MR) is 78.3 cm³/mol. The maximum Gasteiger partial charge on any atom is 0.136 e. The molecule has 18 heavy (non-hydrogen) atoms. The fraction of sp³-hybridized carbons (Fsp3) is 0.533. The van der Waals surface area contributed by atoms with Crippen LogP contribution in [-0.2, 0) is 4.79 Å². The molecule has 0 aromatic heterocycles. The van der Waals surface area contributed by atoms with Crippen LogP contribution >= 0.6 is 23.4 Å². The Kier molecular flexibility index (Phi) is 4.39. The topological polar surface area (TPSA) is 17.1 Å². The molecule has 0 saturated heterocycles. The molecule has 0 aliphatic heterocycles. The molecule has 1 aromatic rings. The van der Waals surface area contributed by atoms with Crippen LogP contribution in [0, 0.1) is 11.3 Å². The zero-order chi connectivity index (χ0) is 13.2. The molecule has 0 N–H and O–H groups in total. The summed E-state index contributed by atoms with van der Waals surface area (Å²) in [6.07, 6.45) is 2.93. The second kappa shape index (κ2) is 5.66. The van der Waals surface area contributed by atoms with Crippen molar-refractivity contribution in [3.63, 3.8) is 0 Å². The number of hydrogen-bond acceptors (Lipinski definition) is 2. The molecule has 0 unspecified atom stereocenters. The monoisotopic (exact) mass is 282 g/mol. The summed E-state index contributed by atoms with van der Waals surface area (Å²) in [6, 6.07) is 7.88. The maximum absolute atomic E-state index is 11.9. The van der Waals surface area contributed by atoms with Gasteiger partial charge in [0.15, 0.2) is 0 Å². The Bertz CT molecular complexity index is 421. The van der Waals surface area contributed by atoms with Gasteiger partial charge < -0.3 is 0 Å². The molecule has 1 aliphatic rings. The largest absolute Gasteiger partial charge is 0.299 e. The SMILES string of the molecule is CC(C)(CSc1ccc(Cl)cc1)CC(=O)C1CC1. The first kappa shape index (κ1) is 14.0. The summed E-state index contributed by atoms with van der Waals surface area (Å²) in [5.74, 6) is 1.80. The van der Waals surface area contributed by atoms with Crippen LogP contribution in [0.25, 0.3) is 0 Å². The summed E-state index contributed by atoms with van der Waals surface area (Å²) < 4.78 is 0. The van der Waals surface area contributed by atoms with Gasteiger partial charge in [-0.2, -0.15) is 0 Å². The second-order valence-corrected chi connectivity index (χ2v) is 7.31. The van der Waals surface area contributed by atoms with E-state index >= 15 is 0 Å². The third-order valence-corrected chi connectivity index (χ3v) is 4.91. The highest BCUT2D eigenvalue weighted by molar-refractivity contribution is 7.99. The smallest absolute Gasteiger partial charge is 0.136 e. The number of hydrogen-bond donors (Lipinski definition) is 0. The number of halogens is 1. The summed E-state index contributed by atoms with van der Waals surface area (Å²) >= 11 is 7.66. The van der Waals surface area contributed by atoms with Crippen LogP contribution in [0.4, 0.5) is 0 Å². The fourth-order valence-electron chi connectivity index (χ4n) is 1.88. The molecule has 1 aromatic carbocycles. The lowest BCUT2D eigenvalue weighted by molar-refractivity contribution is -0.121. The standard InChI is InChI=1S/C15H19ClOS/c1-15(2,9-14(17)11-3-4-11)10-18-13-7-5-12(16)6-8-13/h5-8,11H,3-4,9-10H2,1-2H3. The third kappa shape index (κ3) is 4.33. The van der Waals surface area contributed by atoms with E-state index in [1.807, 2.05) is 24.3 Å². The van der Waals surface area contributed by atoms with E-state index in [1.54, 1.807) is 11.8 Å². The minimum Gasteiger partial charge on any atom is -0.299 e. The molecule has 0 bridgehead atoms. The highest BCUT2D eigenvalue weighted by Crippen LogP contribution is 2.37. The van der Waals surface area contributed by atoms with Crippen molar-refractivity contribution in [3.05, 3.63) is 29.3 Å². The first-order valence-corrected chi connectivity index (χ1v) is 7.74. The minimum atomic E-state index is 0.0734. The molecule has 0 amide bonds. The summed E-state index contributed by atoms with van der Waals surface area (Å²) in [6.45, 7) is 4.35. The van der Waals surface area contributed by atoms with Gasteiger partial charge in [0.2, 0.25) is 0 Å². The molecule has 0 radical (unpaired) electrons. The number of benzene rings is 1. The van der Waals surface area contributed by atoms with E-state index in [4.69, 9.17) is 11.6 Å². The van der Waals surface area contributed by atoms with Gasteiger partial charge in [0.05, 0.1) is 0 Å².